The van der Waals surface area contributed by atoms with Crippen molar-refractivity contribution in [2.24, 2.45) is 5.41 Å². The number of fused-ring (bicyclic) bond motifs is 1. The van der Waals surface area contributed by atoms with Crippen molar-refractivity contribution in [1.82, 2.24) is 19.9 Å². The zero-order valence-corrected chi connectivity index (χ0v) is 25.9. The van der Waals surface area contributed by atoms with Crippen molar-refractivity contribution in [3.8, 4) is 17.4 Å². The molecule has 10 nitrogen and oxygen atoms in total. The van der Waals surface area contributed by atoms with Gasteiger partial charge in [0.05, 0.1) is 12.8 Å². The number of amides is 2. The van der Waals surface area contributed by atoms with E-state index in [9.17, 15) is 9.59 Å². The number of nitrogens with zero attached hydrogens (tertiary/aromatic N) is 4. The summed E-state index contributed by atoms with van der Waals surface area (Å²) in [4.78, 5) is 41.5. The molecule has 2 aromatic carbocycles. The van der Waals surface area contributed by atoms with Gasteiger partial charge in [-0.1, -0.05) is 31.5 Å². The van der Waals surface area contributed by atoms with Crippen LogP contribution in [0.5, 0.6) is 17.4 Å². The third-order valence-electron chi connectivity index (χ3n) is 7.67. The fourth-order valence-electron chi connectivity index (χ4n) is 5.07. The molecule has 0 bridgehead atoms. The van der Waals surface area contributed by atoms with Gasteiger partial charge in [-0.3, -0.25) is 9.59 Å². The maximum atomic E-state index is 15.2. The molecule has 0 spiro atoms. The number of benzene rings is 2. The second kappa shape index (κ2) is 14.4. The number of pyridine rings is 1. The van der Waals surface area contributed by atoms with Crippen molar-refractivity contribution in [2.45, 2.75) is 52.9 Å². The number of aryl methyl sites for hydroxylation is 1. The second-order valence-corrected chi connectivity index (χ2v) is 11.3. The average Bonchev–Trinajstić information content (AvgIpc) is 3.85. The molecule has 0 radical (unpaired) electrons. The van der Waals surface area contributed by atoms with Crippen molar-refractivity contribution in [3.63, 3.8) is 0 Å². The predicted octanol–water partition coefficient (Wildman–Crippen LogP) is 6.51. The van der Waals surface area contributed by atoms with Crippen molar-refractivity contribution in [1.29, 1.82) is 0 Å². The molecule has 5 rings (SSSR count). The van der Waals surface area contributed by atoms with E-state index in [0.717, 1.165) is 50.5 Å². The number of aromatic nitrogens is 3. The Kier molecular flexibility index (Phi) is 10.2. The maximum absolute atomic E-state index is 15.2. The molecular weight excluding hydrogens is 575 g/mol. The van der Waals surface area contributed by atoms with E-state index in [2.05, 4.69) is 44.3 Å². The summed E-state index contributed by atoms with van der Waals surface area (Å²) in [5.41, 5.74) is 1.37. The normalized spacial score (nSPS) is 13.4. The van der Waals surface area contributed by atoms with E-state index >= 15 is 4.39 Å². The lowest BCUT2D eigenvalue weighted by Crippen LogP contribution is -2.35. The predicted molar refractivity (Wildman–Crippen MR) is 171 cm³/mol. The van der Waals surface area contributed by atoms with Crippen LogP contribution >= 0.6 is 0 Å². The molecule has 11 heteroatoms. The highest BCUT2D eigenvalue weighted by atomic mass is 19.1. The molecule has 2 aromatic heterocycles. The molecule has 2 heterocycles. The Labute approximate surface area is 262 Å². The molecular formula is C34H39FN6O4. The Morgan fingerprint density at radius 2 is 1.60 bits per heavy atom. The van der Waals surface area contributed by atoms with Crippen LogP contribution in [-0.2, 0) is 9.59 Å². The highest BCUT2D eigenvalue weighted by molar-refractivity contribution is 6.16. The summed E-state index contributed by atoms with van der Waals surface area (Å²) in [5.74, 6) is -1.04. The smallest absolute Gasteiger partial charge is 0.240 e. The SMILES string of the molecule is CCCN(CCC)CCCOc1cnc2nccc(Oc3ccc(NC(=O)C4(C(=O)Nc5ccc(C)cc5)CC4)cc3F)c2n1. The van der Waals surface area contributed by atoms with Crippen LogP contribution < -0.4 is 20.1 Å². The van der Waals surface area contributed by atoms with Gasteiger partial charge in [-0.05, 0) is 76.4 Å². The van der Waals surface area contributed by atoms with Crippen LogP contribution in [-0.4, -0.2) is 57.9 Å². The number of ether oxygens (including phenoxy) is 2. The first kappa shape index (κ1) is 31.8. The van der Waals surface area contributed by atoms with Crippen LogP contribution in [0.15, 0.2) is 60.9 Å². The van der Waals surface area contributed by atoms with Crippen LogP contribution in [0.4, 0.5) is 15.8 Å². The Morgan fingerprint density at radius 3 is 2.27 bits per heavy atom. The lowest BCUT2D eigenvalue weighted by molar-refractivity contribution is -0.131. The Morgan fingerprint density at radius 1 is 0.911 bits per heavy atom. The molecule has 2 amide bonds. The van der Waals surface area contributed by atoms with E-state index in [1.807, 2.05) is 19.1 Å². The van der Waals surface area contributed by atoms with E-state index in [-0.39, 0.29) is 23.1 Å². The molecule has 1 saturated carbocycles. The number of anilines is 2. The topological polar surface area (TPSA) is 119 Å². The summed E-state index contributed by atoms with van der Waals surface area (Å²) in [6.07, 6.45) is 6.92. The number of carbonyl (C=O) groups excluding carboxylic acids is 2. The van der Waals surface area contributed by atoms with Crippen LogP contribution in [0.2, 0.25) is 0 Å². The molecule has 1 fully saturated rings. The number of carbonyl (C=O) groups is 2. The van der Waals surface area contributed by atoms with E-state index < -0.39 is 17.1 Å². The monoisotopic (exact) mass is 614 g/mol. The van der Waals surface area contributed by atoms with Gasteiger partial charge in [-0.2, -0.15) is 0 Å². The number of hydrogen-bond donors (Lipinski definition) is 2. The highest BCUT2D eigenvalue weighted by Crippen LogP contribution is 2.47. The molecule has 236 valence electrons. The molecule has 0 aliphatic heterocycles. The fourth-order valence-corrected chi connectivity index (χ4v) is 5.07. The largest absolute Gasteiger partial charge is 0.477 e. The Balaban J connectivity index is 1.21. The van der Waals surface area contributed by atoms with Gasteiger partial charge >= 0.3 is 0 Å². The molecule has 2 N–H and O–H groups in total. The fraction of sp³-hybridized carbons (Fsp3) is 0.382. The second-order valence-electron chi connectivity index (χ2n) is 11.3. The standard InChI is InChI=1S/C34H39FN6O4/c1-4-17-41(18-5-2)19-6-20-44-29-22-37-31-30(40-29)28(13-16-36-31)45-27-12-11-25(21-26(27)35)39-33(43)34(14-15-34)32(42)38-24-9-7-23(3)8-10-24/h7-13,16,21-22H,4-6,14-15,17-20H2,1-3H3,(H,38,42)(H,39,43). The first-order valence-electron chi connectivity index (χ1n) is 15.4. The number of nitrogens with one attached hydrogen (secondary N) is 2. The van der Waals surface area contributed by atoms with Gasteiger partial charge in [-0.15, -0.1) is 0 Å². The van der Waals surface area contributed by atoms with Gasteiger partial charge in [-0.25, -0.2) is 19.3 Å². The highest BCUT2D eigenvalue weighted by Gasteiger charge is 2.56. The molecule has 0 atom stereocenters. The van der Waals surface area contributed by atoms with Crippen molar-refractivity contribution in [2.75, 3.05) is 36.9 Å². The molecule has 4 aromatic rings. The summed E-state index contributed by atoms with van der Waals surface area (Å²) < 4.78 is 26.9. The van der Waals surface area contributed by atoms with Gasteiger partial charge in [0.1, 0.15) is 5.41 Å². The van der Waals surface area contributed by atoms with Crippen LogP contribution in [0.3, 0.4) is 0 Å². The van der Waals surface area contributed by atoms with Crippen molar-refractivity contribution < 1.29 is 23.5 Å². The summed E-state index contributed by atoms with van der Waals surface area (Å²) >= 11 is 0. The van der Waals surface area contributed by atoms with Crippen molar-refractivity contribution in [3.05, 3.63) is 72.3 Å². The van der Waals surface area contributed by atoms with E-state index in [4.69, 9.17) is 9.47 Å². The first-order valence-corrected chi connectivity index (χ1v) is 15.4. The number of halogens is 1. The Bertz CT molecular complexity index is 1640. The zero-order chi connectivity index (χ0) is 31.8. The average molecular weight is 615 g/mol. The third-order valence-corrected chi connectivity index (χ3v) is 7.67. The molecule has 45 heavy (non-hydrogen) atoms. The summed E-state index contributed by atoms with van der Waals surface area (Å²) in [6, 6.07) is 13.0. The minimum atomic E-state index is -1.19. The first-order chi connectivity index (χ1) is 21.8. The van der Waals surface area contributed by atoms with Crippen LogP contribution in [0, 0.1) is 18.2 Å². The van der Waals surface area contributed by atoms with Gasteiger partial charge in [0.2, 0.25) is 17.7 Å². The maximum Gasteiger partial charge on any atom is 0.240 e. The third kappa shape index (κ3) is 7.91. The minimum absolute atomic E-state index is 0.0705. The van der Waals surface area contributed by atoms with Gasteiger partial charge in [0, 0.05) is 36.2 Å². The Hall–Kier alpha value is -4.64. The van der Waals surface area contributed by atoms with Gasteiger partial charge < -0.3 is 25.0 Å². The van der Waals surface area contributed by atoms with Crippen LogP contribution in [0.1, 0.15) is 51.5 Å². The summed E-state index contributed by atoms with van der Waals surface area (Å²) in [7, 11) is 0. The molecule has 0 saturated heterocycles. The van der Waals surface area contributed by atoms with Gasteiger partial charge in [0.25, 0.3) is 0 Å². The number of hydrogen-bond acceptors (Lipinski definition) is 8. The number of rotatable bonds is 15. The molecule has 1 aliphatic carbocycles. The summed E-state index contributed by atoms with van der Waals surface area (Å²) in [5, 5.41) is 5.50. The zero-order valence-electron chi connectivity index (χ0n) is 25.9. The lowest BCUT2D eigenvalue weighted by atomic mass is 10.0. The summed E-state index contributed by atoms with van der Waals surface area (Å²) in [6.45, 7) is 9.85. The lowest BCUT2D eigenvalue weighted by Gasteiger charge is -2.20. The van der Waals surface area contributed by atoms with E-state index in [0.29, 0.717) is 42.2 Å². The van der Waals surface area contributed by atoms with E-state index in [1.54, 1.807) is 18.2 Å². The molecule has 1 aliphatic rings. The molecule has 0 unspecified atom stereocenters. The quantitative estimate of drug-likeness (QED) is 0.115. The van der Waals surface area contributed by atoms with Gasteiger partial charge in [0.15, 0.2) is 28.5 Å². The minimum Gasteiger partial charge on any atom is -0.477 e. The van der Waals surface area contributed by atoms with Crippen molar-refractivity contribution >= 4 is 34.4 Å². The van der Waals surface area contributed by atoms with E-state index in [1.165, 1.54) is 24.5 Å². The van der Waals surface area contributed by atoms with Crippen LogP contribution in [0.25, 0.3) is 11.2 Å².